The molecule has 0 bridgehead atoms. The average Bonchev–Trinajstić information content (AvgIpc) is 2.38. The molecule has 0 saturated heterocycles. The summed E-state index contributed by atoms with van der Waals surface area (Å²) in [7, 11) is 1.26. The number of hydrogen-bond donors (Lipinski definition) is 1. The van der Waals surface area contributed by atoms with E-state index >= 15 is 0 Å². The predicted molar refractivity (Wildman–Crippen MR) is 67.8 cm³/mol. The highest BCUT2D eigenvalue weighted by Crippen LogP contribution is 2.36. The van der Waals surface area contributed by atoms with E-state index < -0.39 is 18.4 Å². The van der Waals surface area contributed by atoms with Crippen LogP contribution < -0.4 is 5.32 Å². The highest BCUT2D eigenvalue weighted by Gasteiger charge is 2.48. The van der Waals surface area contributed by atoms with Crippen LogP contribution in [0.25, 0.3) is 0 Å². The number of unbranched alkanes of at least 4 members (excludes halogenated alkanes) is 1. The smallest absolute Gasteiger partial charge is 0.308 e. The van der Waals surface area contributed by atoms with Gasteiger partial charge in [-0.2, -0.15) is 8.78 Å². The van der Waals surface area contributed by atoms with Gasteiger partial charge in [-0.05, 0) is 31.0 Å². The Labute approximate surface area is 111 Å². The largest absolute Gasteiger partial charge is 0.326 e. The number of aryl methyl sites for hydroxylation is 1. The van der Waals surface area contributed by atoms with E-state index in [0.29, 0.717) is 0 Å². The molecule has 19 heavy (non-hydrogen) atoms. The van der Waals surface area contributed by atoms with E-state index in [9.17, 15) is 17.6 Å². The van der Waals surface area contributed by atoms with Crippen molar-refractivity contribution in [1.82, 2.24) is 5.32 Å². The SMILES string of the molecule is CCCCc1ccc(C(NC)C(F)(F)C(F)F)cc1. The van der Waals surface area contributed by atoms with E-state index in [1.165, 1.54) is 19.2 Å². The van der Waals surface area contributed by atoms with Crippen molar-refractivity contribution in [2.24, 2.45) is 0 Å². The van der Waals surface area contributed by atoms with Gasteiger partial charge in [0.15, 0.2) is 0 Å². The maximum atomic E-state index is 13.4. The highest BCUT2D eigenvalue weighted by molar-refractivity contribution is 5.26. The molecule has 0 saturated carbocycles. The fraction of sp³-hybridized carbons (Fsp3) is 0.571. The second kappa shape index (κ2) is 6.89. The van der Waals surface area contributed by atoms with Crippen LogP contribution in [0.5, 0.6) is 0 Å². The standard InChI is InChI=1S/C14H19F4N/c1-3-4-5-10-6-8-11(9-7-10)12(19-2)14(17,18)13(15)16/h6-9,12-13,19H,3-5H2,1-2H3. The lowest BCUT2D eigenvalue weighted by Crippen LogP contribution is -2.41. The molecule has 1 atom stereocenters. The zero-order chi connectivity index (χ0) is 14.5. The molecule has 0 aliphatic carbocycles. The number of nitrogens with one attached hydrogen (secondary N) is 1. The van der Waals surface area contributed by atoms with Crippen LogP contribution in [-0.2, 0) is 6.42 Å². The Balaban J connectivity index is 2.88. The first-order chi connectivity index (χ1) is 8.93. The van der Waals surface area contributed by atoms with Gasteiger partial charge in [-0.3, -0.25) is 0 Å². The van der Waals surface area contributed by atoms with Crippen LogP contribution in [0.15, 0.2) is 24.3 Å². The zero-order valence-electron chi connectivity index (χ0n) is 11.1. The first kappa shape index (κ1) is 16.0. The van der Waals surface area contributed by atoms with Gasteiger partial charge in [0.1, 0.15) is 6.04 Å². The lowest BCUT2D eigenvalue weighted by atomic mass is 9.98. The van der Waals surface area contributed by atoms with Crippen LogP contribution in [0, 0.1) is 0 Å². The number of benzene rings is 1. The van der Waals surface area contributed by atoms with Gasteiger partial charge in [-0.25, -0.2) is 8.78 Å². The fourth-order valence-corrected chi connectivity index (χ4v) is 1.96. The van der Waals surface area contributed by atoms with E-state index in [4.69, 9.17) is 0 Å². The number of rotatable bonds is 7. The quantitative estimate of drug-likeness (QED) is 0.737. The number of halogens is 4. The maximum absolute atomic E-state index is 13.4. The summed E-state index contributed by atoms with van der Waals surface area (Å²) in [6.07, 6.45) is -0.761. The summed E-state index contributed by atoms with van der Waals surface area (Å²) in [5.74, 6) is -4.08. The first-order valence-corrected chi connectivity index (χ1v) is 6.35. The summed E-state index contributed by atoms with van der Waals surface area (Å²) < 4.78 is 51.6. The number of alkyl halides is 4. The Hall–Kier alpha value is -1.10. The summed E-state index contributed by atoms with van der Waals surface area (Å²) in [5, 5.41) is 2.27. The van der Waals surface area contributed by atoms with Crippen molar-refractivity contribution in [3.05, 3.63) is 35.4 Å². The molecule has 0 aliphatic heterocycles. The van der Waals surface area contributed by atoms with E-state index in [2.05, 4.69) is 12.2 Å². The van der Waals surface area contributed by atoms with Crippen molar-refractivity contribution in [2.45, 2.75) is 44.6 Å². The minimum atomic E-state index is -4.08. The Kier molecular flexibility index (Phi) is 5.79. The molecule has 1 aromatic carbocycles. The van der Waals surface area contributed by atoms with Crippen molar-refractivity contribution in [3.63, 3.8) is 0 Å². The third kappa shape index (κ3) is 3.93. The molecule has 0 aliphatic rings. The molecule has 1 N–H and O–H groups in total. The predicted octanol–water partition coefficient (Wildman–Crippen LogP) is 4.19. The Morgan fingerprint density at radius 2 is 1.74 bits per heavy atom. The van der Waals surface area contributed by atoms with Crippen molar-refractivity contribution >= 4 is 0 Å². The Morgan fingerprint density at radius 1 is 1.16 bits per heavy atom. The minimum absolute atomic E-state index is 0.174. The summed E-state index contributed by atoms with van der Waals surface area (Å²) >= 11 is 0. The molecule has 1 rings (SSSR count). The van der Waals surface area contributed by atoms with Crippen LogP contribution >= 0.6 is 0 Å². The van der Waals surface area contributed by atoms with Gasteiger partial charge in [-0.1, -0.05) is 37.6 Å². The molecule has 0 amide bonds. The Bertz CT molecular complexity index is 376. The summed E-state index contributed by atoms with van der Waals surface area (Å²) in [4.78, 5) is 0. The monoisotopic (exact) mass is 277 g/mol. The van der Waals surface area contributed by atoms with Gasteiger partial charge in [0.25, 0.3) is 0 Å². The van der Waals surface area contributed by atoms with E-state index in [1.807, 2.05) is 0 Å². The molecule has 1 unspecified atom stereocenters. The van der Waals surface area contributed by atoms with Crippen LogP contribution in [0.3, 0.4) is 0 Å². The van der Waals surface area contributed by atoms with Gasteiger partial charge >= 0.3 is 12.3 Å². The lowest BCUT2D eigenvalue weighted by molar-refractivity contribution is -0.150. The molecule has 0 fully saturated rings. The molecule has 5 heteroatoms. The summed E-state index contributed by atoms with van der Waals surface area (Å²) in [6.45, 7) is 2.06. The van der Waals surface area contributed by atoms with Crippen molar-refractivity contribution < 1.29 is 17.6 Å². The van der Waals surface area contributed by atoms with Crippen molar-refractivity contribution in [2.75, 3.05) is 7.05 Å². The van der Waals surface area contributed by atoms with Gasteiger partial charge in [0.2, 0.25) is 0 Å². The lowest BCUT2D eigenvalue weighted by Gasteiger charge is -2.26. The highest BCUT2D eigenvalue weighted by atomic mass is 19.3. The van der Waals surface area contributed by atoms with Gasteiger partial charge in [-0.15, -0.1) is 0 Å². The summed E-state index contributed by atoms with van der Waals surface area (Å²) in [6, 6.07) is 4.74. The molecule has 0 aromatic heterocycles. The first-order valence-electron chi connectivity index (χ1n) is 6.35. The Morgan fingerprint density at radius 3 is 2.16 bits per heavy atom. The van der Waals surface area contributed by atoms with Gasteiger partial charge < -0.3 is 5.32 Å². The van der Waals surface area contributed by atoms with E-state index in [-0.39, 0.29) is 5.56 Å². The van der Waals surface area contributed by atoms with Crippen molar-refractivity contribution in [3.8, 4) is 0 Å². The minimum Gasteiger partial charge on any atom is -0.308 e. The fourth-order valence-electron chi connectivity index (χ4n) is 1.96. The molecule has 0 spiro atoms. The number of hydrogen-bond acceptors (Lipinski definition) is 1. The van der Waals surface area contributed by atoms with Crippen LogP contribution in [0.1, 0.15) is 36.9 Å². The van der Waals surface area contributed by atoms with E-state index in [0.717, 1.165) is 24.8 Å². The molecular weight excluding hydrogens is 258 g/mol. The van der Waals surface area contributed by atoms with Gasteiger partial charge in [0.05, 0.1) is 0 Å². The molecule has 1 aromatic rings. The molecule has 0 radical (unpaired) electrons. The summed E-state index contributed by atoms with van der Waals surface area (Å²) in [5.41, 5.74) is 1.20. The molecular formula is C14H19F4N. The van der Waals surface area contributed by atoms with Gasteiger partial charge in [0, 0.05) is 0 Å². The molecule has 1 nitrogen and oxygen atoms in total. The third-order valence-corrected chi connectivity index (χ3v) is 3.10. The molecule has 108 valence electrons. The topological polar surface area (TPSA) is 12.0 Å². The normalized spacial score (nSPS) is 13.8. The third-order valence-electron chi connectivity index (χ3n) is 3.10. The second-order valence-corrected chi connectivity index (χ2v) is 4.54. The zero-order valence-corrected chi connectivity index (χ0v) is 11.1. The second-order valence-electron chi connectivity index (χ2n) is 4.54. The van der Waals surface area contributed by atoms with Crippen LogP contribution in [0.2, 0.25) is 0 Å². The van der Waals surface area contributed by atoms with Crippen LogP contribution in [-0.4, -0.2) is 19.4 Å². The average molecular weight is 277 g/mol. The molecule has 0 heterocycles. The maximum Gasteiger partial charge on any atom is 0.326 e. The van der Waals surface area contributed by atoms with Crippen LogP contribution in [0.4, 0.5) is 17.6 Å². The van der Waals surface area contributed by atoms with E-state index in [1.54, 1.807) is 12.1 Å². The van der Waals surface area contributed by atoms with Crippen molar-refractivity contribution in [1.29, 1.82) is 0 Å².